The number of amides is 2. The molecule has 1 unspecified atom stereocenters. The molecule has 0 spiro atoms. The number of hydrogen-bond acceptors (Lipinski definition) is 5. The highest BCUT2D eigenvalue weighted by molar-refractivity contribution is 5.74. The molecule has 24 heavy (non-hydrogen) atoms. The van der Waals surface area contributed by atoms with Crippen LogP contribution in [0.1, 0.15) is 5.56 Å². The van der Waals surface area contributed by atoms with E-state index in [9.17, 15) is 4.79 Å². The molecule has 0 bridgehead atoms. The maximum Gasteiger partial charge on any atom is 0.317 e. The smallest absolute Gasteiger partial charge is 0.317 e. The van der Waals surface area contributed by atoms with Crippen LogP contribution in [0.3, 0.4) is 0 Å². The highest BCUT2D eigenvalue weighted by atomic mass is 16.5. The van der Waals surface area contributed by atoms with Crippen LogP contribution in [0.25, 0.3) is 0 Å². The van der Waals surface area contributed by atoms with Crippen molar-refractivity contribution in [1.82, 2.24) is 15.1 Å². The number of morpholine rings is 1. The fraction of sp³-hybridized carbons (Fsp3) is 0.529. The molecular weight excluding hydrogens is 308 g/mol. The van der Waals surface area contributed by atoms with Crippen molar-refractivity contribution in [1.29, 1.82) is 5.26 Å². The predicted molar refractivity (Wildman–Crippen MR) is 87.8 cm³/mol. The predicted octanol–water partition coefficient (Wildman–Crippen LogP) is 0.663. The Balaban J connectivity index is 1.37. The van der Waals surface area contributed by atoms with E-state index in [1.165, 1.54) is 0 Å². The van der Waals surface area contributed by atoms with E-state index >= 15 is 0 Å². The molecule has 2 saturated heterocycles. The summed E-state index contributed by atoms with van der Waals surface area (Å²) in [4.78, 5) is 16.5. The first-order chi connectivity index (χ1) is 11.8. The quantitative estimate of drug-likeness (QED) is 0.821. The van der Waals surface area contributed by atoms with Crippen molar-refractivity contribution in [2.75, 3.05) is 52.5 Å². The van der Waals surface area contributed by atoms with Crippen molar-refractivity contribution >= 4 is 6.03 Å². The fourth-order valence-electron chi connectivity index (χ4n) is 3.00. The minimum atomic E-state index is -0.0522. The summed E-state index contributed by atoms with van der Waals surface area (Å²) in [5.41, 5.74) is 0.599. The van der Waals surface area contributed by atoms with Gasteiger partial charge in [0.2, 0.25) is 0 Å². The third-order valence-electron chi connectivity index (χ3n) is 4.36. The Bertz CT molecular complexity index is 599. The zero-order valence-electron chi connectivity index (χ0n) is 13.6. The maximum atomic E-state index is 12.2. The van der Waals surface area contributed by atoms with Crippen molar-refractivity contribution in [3.05, 3.63) is 29.8 Å². The Morgan fingerprint density at radius 2 is 2.17 bits per heavy atom. The first-order valence-corrected chi connectivity index (χ1v) is 8.24. The number of urea groups is 1. The minimum absolute atomic E-state index is 0.0522. The van der Waals surface area contributed by atoms with E-state index in [1.807, 2.05) is 4.90 Å². The van der Waals surface area contributed by atoms with Gasteiger partial charge in [-0.25, -0.2) is 4.79 Å². The van der Waals surface area contributed by atoms with Gasteiger partial charge in [0.25, 0.3) is 0 Å². The number of piperazine rings is 1. The molecular formula is C17H22N4O3. The van der Waals surface area contributed by atoms with Gasteiger partial charge < -0.3 is 19.7 Å². The Morgan fingerprint density at radius 1 is 1.33 bits per heavy atom. The van der Waals surface area contributed by atoms with Gasteiger partial charge in [0.15, 0.2) is 0 Å². The van der Waals surface area contributed by atoms with Gasteiger partial charge in [0.05, 0.1) is 37.4 Å². The Hall–Kier alpha value is -2.30. The number of nitrogens with one attached hydrogen (secondary N) is 1. The number of carbonyl (C=O) groups is 1. The summed E-state index contributed by atoms with van der Waals surface area (Å²) in [5, 5.41) is 11.6. The molecule has 7 nitrogen and oxygen atoms in total. The van der Waals surface area contributed by atoms with Crippen molar-refractivity contribution in [2.24, 2.45) is 0 Å². The summed E-state index contributed by atoms with van der Waals surface area (Å²) in [7, 11) is 0. The van der Waals surface area contributed by atoms with Gasteiger partial charge in [0, 0.05) is 26.2 Å². The second kappa shape index (κ2) is 7.99. The van der Waals surface area contributed by atoms with E-state index in [0.717, 1.165) is 26.2 Å². The third-order valence-corrected chi connectivity index (χ3v) is 4.36. The number of benzene rings is 1. The number of ether oxygens (including phenoxy) is 2. The molecule has 2 amide bonds. The standard InChI is InChI=1S/C17H22N4O3/c18-11-14-1-3-16(4-2-14)24-9-5-19-17(22)21-7-6-20-8-10-23-13-15(20)12-21/h1-4,15H,5-10,12-13H2,(H,19,22). The van der Waals surface area contributed by atoms with E-state index in [0.29, 0.717) is 43.7 Å². The van der Waals surface area contributed by atoms with Crippen LogP contribution < -0.4 is 10.1 Å². The Labute approximate surface area is 141 Å². The highest BCUT2D eigenvalue weighted by Crippen LogP contribution is 2.14. The first kappa shape index (κ1) is 16.6. The van der Waals surface area contributed by atoms with Gasteiger partial charge in [-0.15, -0.1) is 0 Å². The van der Waals surface area contributed by atoms with Gasteiger partial charge in [-0.1, -0.05) is 0 Å². The molecule has 1 aromatic rings. The van der Waals surface area contributed by atoms with Crippen molar-refractivity contribution in [2.45, 2.75) is 6.04 Å². The van der Waals surface area contributed by atoms with Gasteiger partial charge in [-0.2, -0.15) is 5.26 Å². The Kier molecular flexibility index (Phi) is 5.51. The number of rotatable bonds is 4. The lowest BCUT2D eigenvalue weighted by molar-refractivity contribution is -0.0365. The largest absolute Gasteiger partial charge is 0.492 e. The van der Waals surface area contributed by atoms with Crippen molar-refractivity contribution < 1.29 is 14.3 Å². The summed E-state index contributed by atoms with van der Waals surface area (Å²) < 4.78 is 11.0. The van der Waals surface area contributed by atoms with E-state index in [4.69, 9.17) is 14.7 Å². The molecule has 0 aliphatic carbocycles. The lowest BCUT2D eigenvalue weighted by atomic mass is 10.1. The fourth-order valence-corrected chi connectivity index (χ4v) is 3.00. The molecule has 2 aliphatic rings. The van der Waals surface area contributed by atoms with Gasteiger partial charge in [0.1, 0.15) is 12.4 Å². The highest BCUT2D eigenvalue weighted by Gasteiger charge is 2.31. The van der Waals surface area contributed by atoms with Crippen LogP contribution in [0.2, 0.25) is 0 Å². The molecule has 7 heteroatoms. The van der Waals surface area contributed by atoms with Crippen molar-refractivity contribution in [3.63, 3.8) is 0 Å². The molecule has 3 rings (SSSR count). The molecule has 2 aliphatic heterocycles. The van der Waals surface area contributed by atoms with Crippen LogP contribution in [0.4, 0.5) is 4.79 Å². The number of nitriles is 1. The molecule has 0 saturated carbocycles. The summed E-state index contributed by atoms with van der Waals surface area (Å²) in [6.07, 6.45) is 0. The van der Waals surface area contributed by atoms with E-state index in [-0.39, 0.29) is 6.03 Å². The van der Waals surface area contributed by atoms with E-state index in [2.05, 4.69) is 16.3 Å². The zero-order valence-corrected chi connectivity index (χ0v) is 13.6. The lowest BCUT2D eigenvalue weighted by Crippen LogP contribution is -2.60. The molecule has 1 atom stereocenters. The summed E-state index contributed by atoms with van der Waals surface area (Å²) in [5.74, 6) is 0.691. The number of hydrogen-bond donors (Lipinski definition) is 1. The second-order valence-electron chi connectivity index (χ2n) is 5.93. The molecule has 0 aromatic heterocycles. The topological polar surface area (TPSA) is 77.8 Å². The molecule has 2 fully saturated rings. The summed E-state index contributed by atoms with van der Waals surface area (Å²) >= 11 is 0. The van der Waals surface area contributed by atoms with Crippen LogP contribution in [0.5, 0.6) is 5.75 Å². The van der Waals surface area contributed by atoms with Crippen molar-refractivity contribution in [3.8, 4) is 11.8 Å². The van der Waals surface area contributed by atoms with Crippen LogP contribution in [-0.4, -0.2) is 74.4 Å². The molecule has 1 N–H and O–H groups in total. The molecule has 1 aromatic carbocycles. The maximum absolute atomic E-state index is 12.2. The number of fused-ring (bicyclic) bond motifs is 1. The molecule has 0 radical (unpaired) electrons. The van der Waals surface area contributed by atoms with Gasteiger partial charge >= 0.3 is 6.03 Å². The molecule has 128 valence electrons. The average molecular weight is 330 g/mol. The van der Waals surface area contributed by atoms with Crippen LogP contribution in [0.15, 0.2) is 24.3 Å². The van der Waals surface area contributed by atoms with Crippen LogP contribution in [0, 0.1) is 11.3 Å². The van der Waals surface area contributed by atoms with Crippen LogP contribution >= 0.6 is 0 Å². The third kappa shape index (κ3) is 4.16. The minimum Gasteiger partial charge on any atom is -0.492 e. The zero-order chi connectivity index (χ0) is 16.8. The lowest BCUT2D eigenvalue weighted by Gasteiger charge is -2.43. The van der Waals surface area contributed by atoms with Gasteiger partial charge in [-0.05, 0) is 24.3 Å². The summed E-state index contributed by atoms with van der Waals surface area (Å²) in [6.45, 7) is 5.65. The SMILES string of the molecule is N#Cc1ccc(OCCNC(=O)N2CCN3CCOCC3C2)cc1. The van der Waals surface area contributed by atoms with Crippen LogP contribution in [-0.2, 0) is 4.74 Å². The second-order valence-corrected chi connectivity index (χ2v) is 5.93. The normalized spacial score (nSPS) is 20.8. The van der Waals surface area contributed by atoms with Gasteiger partial charge in [-0.3, -0.25) is 4.90 Å². The average Bonchev–Trinajstić information content (AvgIpc) is 2.65. The molecule has 2 heterocycles. The number of carbonyl (C=O) groups excluding carboxylic acids is 1. The van der Waals surface area contributed by atoms with E-state index < -0.39 is 0 Å². The monoisotopic (exact) mass is 330 g/mol. The number of nitrogens with zero attached hydrogens (tertiary/aromatic N) is 3. The summed E-state index contributed by atoms with van der Waals surface area (Å²) in [6, 6.07) is 9.24. The first-order valence-electron chi connectivity index (χ1n) is 8.24. The Morgan fingerprint density at radius 3 is 2.96 bits per heavy atom. The van der Waals surface area contributed by atoms with E-state index in [1.54, 1.807) is 24.3 Å².